The van der Waals surface area contributed by atoms with E-state index < -0.39 is 35.8 Å². The van der Waals surface area contributed by atoms with Crippen molar-refractivity contribution in [2.75, 3.05) is 31.6 Å². The molecule has 0 spiro atoms. The molecule has 0 fully saturated rings. The maximum Gasteiger partial charge on any atom is 0.253 e. The summed E-state index contributed by atoms with van der Waals surface area (Å²) in [7, 11) is 1.74. The molecule has 0 saturated carbocycles. The lowest BCUT2D eigenvalue weighted by Gasteiger charge is -2.31. The molecule has 7 nitrogen and oxygen atoms in total. The lowest BCUT2D eigenvalue weighted by Crippen LogP contribution is -2.46. The van der Waals surface area contributed by atoms with Crippen LogP contribution in [0.5, 0.6) is 0 Å². The Hall–Kier alpha value is -3.82. The van der Waals surface area contributed by atoms with E-state index >= 15 is 0 Å². The molecule has 3 N–H and O–H groups in total. The summed E-state index contributed by atoms with van der Waals surface area (Å²) in [4.78, 5) is 30.2. The lowest BCUT2D eigenvalue weighted by molar-refractivity contribution is 0.000704. The summed E-state index contributed by atoms with van der Waals surface area (Å²) < 4.78 is 28.5. The average Bonchev–Trinajstić information content (AvgIpc) is 2.94. The van der Waals surface area contributed by atoms with Gasteiger partial charge in [0.1, 0.15) is 17.7 Å². The van der Waals surface area contributed by atoms with Crippen molar-refractivity contribution in [2.45, 2.75) is 58.8 Å². The number of halogens is 2. The number of carbonyl (C=O) groups is 2. The zero-order chi connectivity index (χ0) is 31.0. The van der Waals surface area contributed by atoms with Crippen LogP contribution in [-0.4, -0.2) is 65.8 Å². The summed E-state index contributed by atoms with van der Waals surface area (Å²) in [5.74, 6) is -2.65. The SMILES string of the molecule is CCCN(CCC)C(=O)c1cc(C)cc(C(=O)NC(c2cc(F)cc(F)c2)[C@H](O)[C@H](O)CN(C)c2cccc(C)c2)c1. The van der Waals surface area contributed by atoms with Crippen LogP contribution in [0.3, 0.4) is 0 Å². The maximum absolute atomic E-state index is 14.2. The molecule has 0 aromatic heterocycles. The van der Waals surface area contributed by atoms with Crippen LogP contribution in [0.1, 0.15) is 70.1 Å². The Balaban J connectivity index is 1.91. The fourth-order valence-electron chi connectivity index (χ4n) is 5.00. The number of anilines is 1. The van der Waals surface area contributed by atoms with Gasteiger partial charge in [0.25, 0.3) is 11.8 Å². The fourth-order valence-corrected chi connectivity index (χ4v) is 5.00. The summed E-state index contributed by atoms with van der Waals surface area (Å²) in [6, 6.07) is 13.7. The fraction of sp³-hybridized carbons (Fsp3) is 0.394. The molecule has 0 saturated heterocycles. The van der Waals surface area contributed by atoms with Crippen LogP contribution >= 0.6 is 0 Å². The third-order valence-electron chi connectivity index (χ3n) is 7.03. The van der Waals surface area contributed by atoms with Crippen LogP contribution in [0.2, 0.25) is 0 Å². The van der Waals surface area contributed by atoms with Crippen molar-refractivity contribution < 1.29 is 28.6 Å². The molecule has 0 radical (unpaired) electrons. The molecule has 42 heavy (non-hydrogen) atoms. The van der Waals surface area contributed by atoms with E-state index in [1.807, 2.05) is 45.0 Å². The number of nitrogens with one attached hydrogen (secondary N) is 1. The summed E-state index contributed by atoms with van der Waals surface area (Å²) in [6.07, 6.45) is -1.46. The van der Waals surface area contributed by atoms with E-state index in [-0.39, 0.29) is 23.6 Å². The first-order valence-corrected chi connectivity index (χ1v) is 14.2. The molecule has 2 amide bonds. The Morgan fingerprint density at radius 3 is 2.07 bits per heavy atom. The Labute approximate surface area is 246 Å². The van der Waals surface area contributed by atoms with Gasteiger partial charge in [-0.3, -0.25) is 9.59 Å². The highest BCUT2D eigenvalue weighted by atomic mass is 19.1. The molecular formula is C33H41F2N3O4. The van der Waals surface area contributed by atoms with Gasteiger partial charge in [-0.15, -0.1) is 0 Å². The highest BCUT2D eigenvalue weighted by molar-refractivity contribution is 6.00. The van der Waals surface area contributed by atoms with E-state index in [1.54, 1.807) is 35.9 Å². The van der Waals surface area contributed by atoms with Crippen LogP contribution in [0, 0.1) is 25.5 Å². The minimum atomic E-state index is -1.63. The molecule has 0 aliphatic heterocycles. The third kappa shape index (κ3) is 8.59. The normalized spacial score (nSPS) is 13.3. The molecule has 3 rings (SSSR count). The second-order valence-electron chi connectivity index (χ2n) is 10.8. The summed E-state index contributed by atoms with van der Waals surface area (Å²) in [5.41, 5.74) is 2.93. The average molecular weight is 582 g/mol. The number of aliphatic hydroxyl groups is 2. The molecule has 3 aromatic carbocycles. The van der Waals surface area contributed by atoms with Crippen LogP contribution in [-0.2, 0) is 0 Å². The van der Waals surface area contributed by atoms with Gasteiger partial charge >= 0.3 is 0 Å². The zero-order valence-electron chi connectivity index (χ0n) is 24.9. The monoisotopic (exact) mass is 581 g/mol. The molecule has 0 aliphatic rings. The molecule has 1 unspecified atom stereocenters. The Bertz CT molecular complexity index is 1360. The lowest BCUT2D eigenvalue weighted by atomic mass is 9.95. The van der Waals surface area contributed by atoms with E-state index in [4.69, 9.17) is 0 Å². The van der Waals surface area contributed by atoms with Crippen LogP contribution < -0.4 is 10.2 Å². The maximum atomic E-state index is 14.2. The van der Waals surface area contributed by atoms with Gasteiger partial charge in [0.2, 0.25) is 0 Å². The van der Waals surface area contributed by atoms with Crippen LogP contribution in [0.4, 0.5) is 14.5 Å². The second kappa shape index (κ2) is 14.9. The number of carbonyl (C=O) groups excluding carboxylic acids is 2. The quantitative estimate of drug-likeness (QED) is 0.259. The van der Waals surface area contributed by atoms with Crippen molar-refractivity contribution in [3.8, 4) is 0 Å². The van der Waals surface area contributed by atoms with Gasteiger partial charge in [-0.05, 0) is 85.8 Å². The first kappa shape index (κ1) is 32.7. The highest BCUT2D eigenvalue weighted by Crippen LogP contribution is 2.25. The molecular weight excluding hydrogens is 540 g/mol. The van der Waals surface area contributed by atoms with E-state index in [0.717, 1.165) is 36.2 Å². The first-order valence-electron chi connectivity index (χ1n) is 14.2. The van der Waals surface area contributed by atoms with Gasteiger partial charge in [0, 0.05) is 49.6 Å². The number of hydrogen-bond donors (Lipinski definition) is 3. The predicted octanol–water partition coefficient (Wildman–Crippen LogP) is 5.17. The molecule has 226 valence electrons. The first-order chi connectivity index (χ1) is 19.9. The number of nitrogens with zero attached hydrogens (tertiary/aromatic N) is 2. The van der Waals surface area contributed by atoms with Crippen molar-refractivity contribution in [1.29, 1.82) is 0 Å². The Morgan fingerprint density at radius 1 is 0.857 bits per heavy atom. The number of hydrogen-bond acceptors (Lipinski definition) is 5. The Kier molecular flexibility index (Phi) is 11.6. The standard InChI is InChI=1S/C33H41F2N3O4/c1-6-11-38(12-7-2)33(42)25-14-22(4)13-24(16-25)32(41)36-30(23-17-26(34)19-27(35)18-23)31(40)29(39)20-37(5)28-10-8-9-21(3)15-28/h8-10,13-19,29-31,39-40H,6-7,11-12,20H2,1-5H3,(H,36,41)/t29-,30?,31-/m1/s1. The van der Waals surface area contributed by atoms with Gasteiger partial charge in [0.15, 0.2) is 0 Å². The van der Waals surface area contributed by atoms with Gasteiger partial charge in [-0.25, -0.2) is 8.78 Å². The topological polar surface area (TPSA) is 93.1 Å². The van der Waals surface area contributed by atoms with Crippen molar-refractivity contribution in [1.82, 2.24) is 10.2 Å². The minimum absolute atomic E-state index is 0.0252. The number of likely N-dealkylation sites (N-methyl/N-ethyl adjacent to an activating group) is 1. The van der Waals surface area contributed by atoms with E-state index in [9.17, 15) is 28.6 Å². The highest BCUT2D eigenvalue weighted by Gasteiger charge is 2.31. The Morgan fingerprint density at radius 2 is 1.48 bits per heavy atom. The molecule has 3 atom stereocenters. The van der Waals surface area contributed by atoms with Gasteiger partial charge in [-0.1, -0.05) is 26.0 Å². The molecule has 9 heteroatoms. The zero-order valence-corrected chi connectivity index (χ0v) is 24.9. The summed E-state index contributed by atoms with van der Waals surface area (Å²) >= 11 is 0. The van der Waals surface area contributed by atoms with E-state index in [2.05, 4.69) is 5.32 Å². The number of rotatable bonds is 13. The van der Waals surface area contributed by atoms with Gasteiger partial charge in [-0.2, -0.15) is 0 Å². The third-order valence-corrected chi connectivity index (χ3v) is 7.03. The summed E-state index contributed by atoms with van der Waals surface area (Å²) in [5, 5.41) is 24.9. The van der Waals surface area contributed by atoms with Crippen LogP contribution in [0.25, 0.3) is 0 Å². The second-order valence-corrected chi connectivity index (χ2v) is 10.8. The predicted molar refractivity (Wildman–Crippen MR) is 161 cm³/mol. The molecule has 0 heterocycles. The van der Waals surface area contributed by atoms with Crippen molar-refractivity contribution in [3.05, 3.63) is 100 Å². The smallest absolute Gasteiger partial charge is 0.253 e. The van der Waals surface area contributed by atoms with Crippen molar-refractivity contribution in [2.24, 2.45) is 0 Å². The molecule has 0 bridgehead atoms. The summed E-state index contributed by atoms with van der Waals surface area (Å²) in [6.45, 7) is 8.80. The molecule has 0 aliphatic carbocycles. The van der Waals surface area contributed by atoms with Crippen LogP contribution in [0.15, 0.2) is 60.7 Å². The number of aryl methyl sites for hydroxylation is 2. The van der Waals surface area contributed by atoms with E-state index in [1.165, 1.54) is 6.07 Å². The van der Waals surface area contributed by atoms with E-state index in [0.29, 0.717) is 30.3 Å². The number of amides is 2. The molecule has 3 aromatic rings. The van der Waals surface area contributed by atoms with Gasteiger partial charge in [0.05, 0.1) is 12.1 Å². The van der Waals surface area contributed by atoms with Crippen molar-refractivity contribution in [3.63, 3.8) is 0 Å². The minimum Gasteiger partial charge on any atom is -0.388 e. The largest absolute Gasteiger partial charge is 0.388 e. The number of aliphatic hydroxyl groups excluding tert-OH is 2. The van der Waals surface area contributed by atoms with Crippen molar-refractivity contribution >= 4 is 17.5 Å². The number of benzene rings is 3. The van der Waals surface area contributed by atoms with Gasteiger partial charge < -0.3 is 25.3 Å².